The Bertz CT molecular complexity index is 2930. The van der Waals surface area contributed by atoms with E-state index >= 15 is 4.39 Å². The van der Waals surface area contributed by atoms with E-state index in [9.17, 15) is 18.8 Å². The van der Waals surface area contributed by atoms with Gasteiger partial charge in [0.1, 0.15) is 60.8 Å². The number of hydrogen-bond acceptors (Lipinski definition) is 13. The van der Waals surface area contributed by atoms with Crippen molar-refractivity contribution in [2.75, 3.05) is 74.3 Å². The van der Waals surface area contributed by atoms with Crippen molar-refractivity contribution < 1.29 is 42.1 Å². The van der Waals surface area contributed by atoms with E-state index in [1.165, 1.54) is 29.5 Å². The normalized spacial score (nSPS) is 21.8. The zero-order valence-electron chi connectivity index (χ0n) is 40.6. The number of rotatable bonds is 17. The number of amides is 4. The van der Waals surface area contributed by atoms with Gasteiger partial charge >= 0.3 is 6.03 Å². The lowest BCUT2D eigenvalue weighted by molar-refractivity contribution is -0.117. The maximum absolute atomic E-state index is 15.1. The minimum atomic E-state index is -1.26. The van der Waals surface area contributed by atoms with Crippen LogP contribution in [0, 0.1) is 11.6 Å². The van der Waals surface area contributed by atoms with Gasteiger partial charge in [-0.3, -0.25) is 24.7 Å². The molecule has 2 unspecified atom stereocenters. The summed E-state index contributed by atoms with van der Waals surface area (Å²) in [5, 5.41) is 6.05. The Kier molecular flexibility index (Phi) is 14.5. The van der Waals surface area contributed by atoms with Crippen LogP contribution in [0.5, 0.6) is 11.5 Å². The van der Waals surface area contributed by atoms with Gasteiger partial charge in [-0.05, 0) is 117 Å². The standard InChI is InChI=1S/C54H55F2N9O7S/c1-36(2)64-51(60(3)27-28-69-43-18-9-37(10-19-43)29-47-50(66)59-52(67)73-47)49(38-7-5-4-6-8-38)65(53(64)68)42-14-12-40(13-15-42)61-23-25-62(26-24-61)41-16-20-44(21-17-41)70-31-48-71-33-54(72-48,32-63-35-57-34-58-63)45-22-11-39(55)30-46(45)56/h4-22,29-30,34-36,48-49,51H,23-28,31-33H2,1-3H3,(H,59,66,67)/b47-29-/t48-,49?,51?,54+/m0/s1. The zero-order chi connectivity index (χ0) is 50.6. The second-order valence-corrected chi connectivity index (χ2v) is 19.6. The van der Waals surface area contributed by atoms with Gasteiger partial charge in [0.05, 0.1) is 24.1 Å². The van der Waals surface area contributed by atoms with E-state index in [0.29, 0.717) is 29.6 Å². The fourth-order valence-electron chi connectivity index (χ4n) is 9.87. The number of benzene rings is 5. The number of urea groups is 1. The van der Waals surface area contributed by atoms with Crippen molar-refractivity contribution in [3.05, 3.63) is 167 Å². The van der Waals surface area contributed by atoms with Gasteiger partial charge in [0.25, 0.3) is 11.1 Å². The molecule has 4 aliphatic heterocycles. The second-order valence-electron chi connectivity index (χ2n) is 18.5. The summed E-state index contributed by atoms with van der Waals surface area (Å²) >= 11 is 0.881. The molecule has 73 heavy (non-hydrogen) atoms. The number of aromatic nitrogens is 3. The molecule has 4 fully saturated rings. The third kappa shape index (κ3) is 10.8. The predicted octanol–water partition coefficient (Wildman–Crippen LogP) is 8.28. The highest BCUT2D eigenvalue weighted by atomic mass is 32.2. The monoisotopic (exact) mass is 1010 g/mol. The van der Waals surface area contributed by atoms with Crippen molar-refractivity contribution >= 4 is 52.1 Å². The maximum Gasteiger partial charge on any atom is 0.326 e. The molecule has 4 atom stereocenters. The molecule has 1 aromatic heterocycles. The van der Waals surface area contributed by atoms with Crippen molar-refractivity contribution in [2.24, 2.45) is 0 Å². The van der Waals surface area contributed by atoms with Gasteiger partial charge in [-0.2, -0.15) is 5.10 Å². The van der Waals surface area contributed by atoms with Crippen LogP contribution >= 0.6 is 11.8 Å². The molecular weight excluding hydrogens is 957 g/mol. The van der Waals surface area contributed by atoms with E-state index in [0.717, 1.165) is 72.2 Å². The minimum absolute atomic E-state index is 0.00873. The highest BCUT2D eigenvalue weighted by Crippen LogP contribution is 2.42. The number of halogens is 2. The van der Waals surface area contributed by atoms with Crippen LogP contribution in [0.25, 0.3) is 6.08 Å². The quantitative estimate of drug-likeness (QED) is 0.0876. The van der Waals surface area contributed by atoms with Crippen LogP contribution in [0.2, 0.25) is 0 Å². The second kappa shape index (κ2) is 21.4. The largest absolute Gasteiger partial charge is 0.492 e. The Morgan fingerprint density at radius 2 is 1.51 bits per heavy atom. The Morgan fingerprint density at radius 3 is 2.14 bits per heavy atom. The Balaban J connectivity index is 0.747. The fraction of sp³-hybridized carbons (Fsp3) is 0.315. The van der Waals surface area contributed by atoms with Gasteiger partial charge in [0.15, 0.2) is 6.29 Å². The molecule has 4 aliphatic rings. The number of piperazine rings is 1. The number of thioether (sulfide) groups is 1. The first-order chi connectivity index (χ1) is 35.4. The predicted molar refractivity (Wildman–Crippen MR) is 273 cm³/mol. The molecule has 19 heteroatoms. The van der Waals surface area contributed by atoms with Gasteiger partial charge < -0.3 is 33.6 Å². The number of ether oxygens (including phenoxy) is 4. The summed E-state index contributed by atoms with van der Waals surface area (Å²) in [6.45, 7) is 8.36. The van der Waals surface area contributed by atoms with Gasteiger partial charge in [0, 0.05) is 67.5 Å². The number of carbonyl (C=O) groups excluding carboxylic acids is 3. The lowest BCUT2D eigenvalue weighted by Crippen LogP contribution is -2.50. The summed E-state index contributed by atoms with van der Waals surface area (Å²) in [4.78, 5) is 53.3. The van der Waals surface area contributed by atoms with E-state index < -0.39 is 29.4 Å². The first kappa shape index (κ1) is 49.3. The van der Waals surface area contributed by atoms with E-state index in [1.807, 2.05) is 110 Å². The number of nitrogens with one attached hydrogen (secondary N) is 1. The molecule has 1 N–H and O–H groups in total. The molecule has 0 saturated carbocycles. The third-order valence-electron chi connectivity index (χ3n) is 13.5. The van der Waals surface area contributed by atoms with E-state index in [-0.39, 0.29) is 54.8 Å². The van der Waals surface area contributed by atoms with Crippen molar-refractivity contribution in [2.45, 2.75) is 50.5 Å². The first-order valence-electron chi connectivity index (χ1n) is 24.2. The number of anilines is 3. The molecular formula is C54H55F2N9O7S. The van der Waals surface area contributed by atoms with Crippen LogP contribution in [0.4, 0.5) is 35.4 Å². The lowest BCUT2D eigenvalue weighted by atomic mass is 9.94. The van der Waals surface area contributed by atoms with Crippen LogP contribution < -0.4 is 29.5 Å². The topological polar surface area (TPSA) is 147 Å². The lowest BCUT2D eigenvalue weighted by Gasteiger charge is -2.38. The number of hydrogen-bond donors (Lipinski definition) is 1. The summed E-state index contributed by atoms with van der Waals surface area (Å²) < 4.78 is 54.9. The van der Waals surface area contributed by atoms with E-state index in [4.69, 9.17) is 18.9 Å². The molecule has 5 aromatic carbocycles. The van der Waals surface area contributed by atoms with Gasteiger partial charge in [0.2, 0.25) is 0 Å². The molecule has 0 spiro atoms. The van der Waals surface area contributed by atoms with Crippen molar-refractivity contribution in [1.82, 2.24) is 29.9 Å². The van der Waals surface area contributed by atoms with Crippen LogP contribution in [0.3, 0.4) is 0 Å². The number of likely N-dealkylation sites (N-methyl/N-ethyl adjacent to an activating group) is 1. The molecule has 4 amide bonds. The van der Waals surface area contributed by atoms with Crippen LogP contribution in [-0.4, -0.2) is 120 Å². The molecule has 0 bridgehead atoms. The molecule has 6 aromatic rings. The summed E-state index contributed by atoms with van der Waals surface area (Å²) in [5.41, 5.74) is 3.66. The summed E-state index contributed by atoms with van der Waals surface area (Å²) in [6, 6.07) is 36.6. The van der Waals surface area contributed by atoms with Gasteiger partial charge in [-0.15, -0.1) is 0 Å². The van der Waals surface area contributed by atoms with E-state index in [1.54, 1.807) is 6.08 Å². The van der Waals surface area contributed by atoms with Crippen molar-refractivity contribution in [3.63, 3.8) is 0 Å². The van der Waals surface area contributed by atoms with Gasteiger partial charge in [-0.1, -0.05) is 48.5 Å². The summed E-state index contributed by atoms with van der Waals surface area (Å²) in [5.74, 6) is -0.529. The molecule has 10 rings (SSSR count). The SMILES string of the molecule is CC(C)N1C(=O)N(c2ccc(N3CCN(c4ccc(OC[C@H]5OC[C@](Cn6cncn6)(c6ccc(F)cc6F)O5)cc4)CC3)cc2)C(c2ccccc2)C1N(C)CCOc1ccc(/C=C2\SC(=O)NC2=O)cc1. The van der Waals surface area contributed by atoms with E-state index in [2.05, 4.69) is 54.4 Å². The molecule has 16 nitrogen and oxygen atoms in total. The molecule has 378 valence electrons. The Morgan fingerprint density at radius 1 is 0.849 bits per heavy atom. The number of nitrogens with zero attached hydrogens (tertiary/aromatic N) is 8. The minimum Gasteiger partial charge on any atom is -0.492 e. The fourth-order valence-corrected chi connectivity index (χ4v) is 10.6. The summed E-state index contributed by atoms with van der Waals surface area (Å²) in [6.07, 6.45) is 3.45. The molecule has 0 radical (unpaired) electrons. The van der Waals surface area contributed by atoms with Crippen LogP contribution in [-0.2, 0) is 26.4 Å². The smallest absolute Gasteiger partial charge is 0.326 e. The number of imide groups is 1. The highest BCUT2D eigenvalue weighted by Gasteiger charge is 2.50. The van der Waals surface area contributed by atoms with Crippen molar-refractivity contribution in [3.8, 4) is 11.5 Å². The van der Waals surface area contributed by atoms with Crippen LogP contribution in [0.15, 0.2) is 139 Å². The zero-order valence-corrected chi connectivity index (χ0v) is 41.4. The molecule has 5 heterocycles. The Labute approximate surface area is 426 Å². The van der Waals surface area contributed by atoms with Gasteiger partial charge in [-0.25, -0.2) is 23.2 Å². The summed E-state index contributed by atoms with van der Waals surface area (Å²) in [7, 11) is 2.03. The first-order valence-corrected chi connectivity index (χ1v) is 25.0. The third-order valence-corrected chi connectivity index (χ3v) is 14.3. The Hall–Kier alpha value is -7.32. The van der Waals surface area contributed by atoms with Crippen molar-refractivity contribution in [1.29, 1.82) is 0 Å². The van der Waals surface area contributed by atoms with Crippen LogP contribution in [0.1, 0.15) is 36.6 Å². The maximum atomic E-state index is 15.1. The average Bonchev–Trinajstić information content (AvgIpc) is 4.20. The average molecular weight is 1010 g/mol. The molecule has 0 aliphatic carbocycles. The highest BCUT2D eigenvalue weighted by molar-refractivity contribution is 8.18. The molecule has 4 saturated heterocycles. The number of carbonyl (C=O) groups is 3.